The highest BCUT2D eigenvalue weighted by atomic mass is 32.2. The molecule has 0 atom stereocenters. The molecule has 218 valence electrons. The summed E-state index contributed by atoms with van der Waals surface area (Å²) in [5.41, 5.74) is 0. The van der Waals surface area contributed by atoms with Gasteiger partial charge < -0.3 is 23.8 Å². The molecule has 0 bridgehead atoms. The van der Waals surface area contributed by atoms with Crippen LogP contribution in [0.15, 0.2) is 0 Å². The van der Waals surface area contributed by atoms with Crippen LogP contribution in [-0.4, -0.2) is 107 Å². The Balaban J connectivity index is 3.44. The Morgan fingerprint density at radius 2 is 1.08 bits per heavy atom. The number of ketones is 2. The van der Waals surface area contributed by atoms with E-state index < -0.39 is 15.9 Å². The van der Waals surface area contributed by atoms with E-state index >= 15 is 0 Å². The van der Waals surface area contributed by atoms with E-state index in [4.69, 9.17) is 23.5 Å². The second-order valence-corrected chi connectivity index (χ2v) is 10.2. The van der Waals surface area contributed by atoms with Crippen molar-refractivity contribution in [3.63, 3.8) is 0 Å². The maximum atomic E-state index is 12.2. The lowest BCUT2D eigenvalue weighted by atomic mass is 10.1. The normalized spacial score (nSPS) is 11.5. The molecular weight excluding hydrogens is 506 g/mol. The zero-order chi connectivity index (χ0) is 27.8. The van der Waals surface area contributed by atoms with E-state index in [9.17, 15) is 22.8 Å². The van der Waals surface area contributed by atoms with Gasteiger partial charge in [0, 0.05) is 51.8 Å². The Hall–Kier alpha value is -1.44. The molecule has 0 heterocycles. The zero-order valence-corrected chi connectivity index (χ0v) is 23.4. The monoisotopic (exact) mass is 553 g/mol. The van der Waals surface area contributed by atoms with Crippen molar-refractivity contribution >= 4 is 27.6 Å². The van der Waals surface area contributed by atoms with Crippen LogP contribution < -0.4 is 0 Å². The molecule has 0 rings (SSSR count). The van der Waals surface area contributed by atoms with Crippen LogP contribution >= 0.6 is 0 Å². The van der Waals surface area contributed by atoms with Crippen LogP contribution in [0.5, 0.6) is 0 Å². The number of Topliss-reactive ketones (excluding diaryl/α,β-unsaturated/α-hetero) is 2. The second kappa shape index (κ2) is 23.7. The summed E-state index contributed by atoms with van der Waals surface area (Å²) in [6.07, 6.45) is 3.83. The van der Waals surface area contributed by atoms with Crippen molar-refractivity contribution in [2.45, 2.75) is 71.6 Å². The minimum absolute atomic E-state index is 0.0577. The molecule has 0 aliphatic heterocycles. The van der Waals surface area contributed by atoms with Gasteiger partial charge in [0.1, 0.15) is 11.6 Å². The summed E-state index contributed by atoms with van der Waals surface area (Å²) in [6.45, 7) is 8.64. The molecule has 0 aromatic carbocycles. The Labute approximate surface area is 222 Å². The van der Waals surface area contributed by atoms with E-state index in [2.05, 4.69) is 0 Å². The van der Waals surface area contributed by atoms with E-state index in [0.29, 0.717) is 59.1 Å². The second-order valence-electron chi connectivity index (χ2n) is 8.65. The summed E-state index contributed by atoms with van der Waals surface area (Å²) in [7, 11) is -4.02. The SMILES string of the molecule is CCCN(CCC)C(=O)CCC(=O)CCCOCCOCCOCCOCCC(=O)CCCS(=O)(=O)O. The molecule has 12 heteroatoms. The summed E-state index contributed by atoms with van der Waals surface area (Å²) in [4.78, 5) is 37.6. The first kappa shape index (κ1) is 35.6. The third-order valence-electron chi connectivity index (χ3n) is 5.20. The summed E-state index contributed by atoms with van der Waals surface area (Å²) in [5, 5.41) is 0. The van der Waals surface area contributed by atoms with E-state index in [1.165, 1.54) is 0 Å². The van der Waals surface area contributed by atoms with Gasteiger partial charge in [-0.1, -0.05) is 13.8 Å². The Kier molecular flexibility index (Phi) is 22.7. The summed E-state index contributed by atoms with van der Waals surface area (Å²) < 4.78 is 51.3. The lowest BCUT2D eigenvalue weighted by molar-refractivity contribution is -0.133. The third-order valence-corrected chi connectivity index (χ3v) is 6.01. The lowest BCUT2D eigenvalue weighted by Gasteiger charge is -2.21. The average Bonchev–Trinajstić information content (AvgIpc) is 2.84. The molecule has 1 amide bonds. The summed E-state index contributed by atoms with van der Waals surface area (Å²) in [6, 6.07) is 0. The Morgan fingerprint density at radius 1 is 0.622 bits per heavy atom. The van der Waals surface area contributed by atoms with Crippen molar-refractivity contribution in [2.75, 3.05) is 71.7 Å². The van der Waals surface area contributed by atoms with Crippen LogP contribution in [0.25, 0.3) is 0 Å². The van der Waals surface area contributed by atoms with Gasteiger partial charge in [-0.2, -0.15) is 8.42 Å². The van der Waals surface area contributed by atoms with Crippen LogP contribution in [0, 0.1) is 0 Å². The van der Waals surface area contributed by atoms with E-state index in [1.54, 1.807) is 0 Å². The van der Waals surface area contributed by atoms with Gasteiger partial charge in [-0.3, -0.25) is 18.9 Å². The molecular formula is C25H47NO10S. The highest BCUT2D eigenvalue weighted by Gasteiger charge is 2.13. The fourth-order valence-corrected chi connectivity index (χ4v) is 3.84. The number of hydrogen-bond acceptors (Lipinski definition) is 9. The van der Waals surface area contributed by atoms with Gasteiger partial charge in [0.15, 0.2) is 0 Å². The summed E-state index contributed by atoms with van der Waals surface area (Å²) >= 11 is 0. The standard InChI is InChI=1S/C25H47NO10S/c1-3-12-26(13-4-2)25(29)10-9-23(27)7-5-14-33-16-18-35-20-21-36-19-17-34-15-11-24(28)8-6-22-37(30,31)32/h3-22H2,1-2H3,(H,30,31,32). The topological polar surface area (TPSA) is 146 Å². The largest absolute Gasteiger partial charge is 0.379 e. The van der Waals surface area contributed by atoms with Crippen molar-refractivity contribution in [1.29, 1.82) is 0 Å². The molecule has 0 radical (unpaired) electrons. The predicted molar refractivity (Wildman–Crippen MR) is 139 cm³/mol. The minimum Gasteiger partial charge on any atom is -0.379 e. The third kappa shape index (κ3) is 24.6. The molecule has 0 aromatic rings. The van der Waals surface area contributed by atoms with Crippen LogP contribution in [0.4, 0.5) is 0 Å². The van der Waals surface area contributed by atoms with E-state index in [0.717, 1.165) is 25.9 Å². The molecule has 0 aliphatic rings. The van der Waals surface area contributed by atoms with Gasteiger partial charge in [-0.05, 0) is 25.7 Å². The highest BCUT2D eigenvalue weighted by Crippen LogP contribution is 2.05. The smallest absolute Gasteiger partial charge is 0.264 e. The molecule has 0 fully saturated rings. The first-order valence-corrected chi connectivity index (χ1v) is 14.9. The molecule has 0 spiro atoms. The number of nitrogens with zero attached hydrogens (tertiary/aromatic N) is 1. The number of carbonyl (C=O) groups excluding carboxylic acids is 3. The summed E-state index contributed by atoms with van der Waals surface area (Å²) in [5.74, 6) is -0.378. The van der Waals surface area contributed by atoms with Crippen LogP contribution in [-0.2, 0) is 43.4 Å². The molecule has 11 nitrogen and oxygen atoms in total. The van der Waals surface area contributed by atoms with Crippen LogP contribution in [0.1, 0.15) is 71.6 Å². The van der Waals surface area contributed by atoms with Gasteiger partial charge in [-0.25, -0.2) is 0 Å². The number of hydrogen-bond donors (Lipinski definition) is 1. The van der Waals surface area contributed by atoms with Crippen molar-refractivity contribution in [2.24, 2.45) is 0 Å². The van der Waals surface area contributed by atoms with Crippen LogP contribution in [0.3, 0.4) is 0 Å². The van der Waals surface area contributed by atoms with Gasteiger partial charge >= 0.3 is 0 Å². The van der Waals surface area contributed by atoms with Crippen molar-refractivity contribution in [3.05, 3.63) is 0 Å². The molecule has 0 unspecified atom stereocenters. The quantitative estimate of drug-likeness (QED) is 0.119. The van der Waals surface area contributed by atoms with Gasteiger partial charge in [-0.15, -0.1) is 0 Å². The fourth-order valence-electron chi connectivity index (χ4n) is 3.33. The molecule has 0 aromatic heterocycles. The number of amides is 1. The van der Waals surface area contributed by atoms with Crippen molar-refractivity contribution in [1.82, 2.24) is 4.90 Å². The van der Waals surface area contributed by atoms with Crippen molar-refractivity contribution < 1.29 is 46.3 Å². The molecule has 37 heavy (non-hydrogen) atoms. The number of ether oxygens (including phenoxy) is 4. The predicted octanol–water partition coefficient (Wildman–Crippen LogP) is 2.46. The maximum absolute atomic E-state index is 12.2. The van der Waals surface area contributed by atoms with E-state index in [1.807, 2.05) is 18.7 Å². The number of carbonyl (C=O) groups is 3. The lowest BCUT2D eigenvalue weighted by Crippen LogP contribution is -2.32. The molecule has 0 saturated carbocycles. The zero-order valence-electron chi connectivity index (χ0n) is 22.6. The molecule has 0 aliphatic carbocycles. The van der Waals surface area contributed by atoms with Gasteiger partial charge in [0.2, 0.25) is 5.91 Å². The Bertz CT molecular complexity index is 708. The van der Waals surface area contributed by atoms with Crippen molar-refractivity contribution in [3.8, 4) is 0 Å². The van der Waals surface area contributed by atoms with Gasteiger partial charge in [0.05, 0.1) is 52.0 Å². The average molecular weight is 554 g/mol. The highest BCUT2D eigenvalue weighted by molar-refractivity contribution is 7.85. The first-order chi connectivity index (χ1) is 17.7. The number of rotatable bonds is 27. The fraction of sp³-hybridized carbons (Fsp3) is 0.880. The van der Waals surface area contributed by atoms with Gasteiger partial charge in [0.25, 0.3) is 10.1 Å². The van der Waals surface area contributed by atoms with E-state index in [-0.39, 0.29) is 56.2 Å². The van der Waals surface area contributed by atoms with Crippen LogP contribution in [0.2, 0.25) is 0 Å². The maximum Gasteiger partial charge on any atom is 0.264 e. The minimum atomic E-state index is -4.02. The Morgan fingerprint density at radius 3 is 1.59 bits per heavy atom. The first-order valence-electron chi connectivity index (χ1n) is 13.3. The molecule has 1 N–H and O–H groups in total. The molecule has 0 saturated heterocycles.